The van der Waals surface area contributed by atoms with Gasteiger partial charge in [0.1, 0.15) is 22.1 Å². The molecule has 0 saturated carbocycles. The number of urea groups is 1. The maximum atomic E-state index is 13.4. The van der Waals surface area contributed by atoms with Crippen LogP contribution in [0.1, 0.15) is 38.6 Å². The van der Waals surface area contributed by atoms with Crippen LogP contribution in [0.2, 0.25) is 0 Å². The Morgan fingerprint density at radius 2 is 1.59 bits per heavy atom. The molecule has 0 aliphatic carbocycles. The molecule has 0 unspecified atom stereocenters. The largest absolute Gasteiger partial charge is 0.497 e. The van der Waals surface area contributed by atoms with Gasteiger partial charge in [-0.05, 0) is 74.4 Å². The summed E-state index contributed by atoms with van der Waals surface area (Å²) < 4.78 is 45.5. The van der Waals surface area contributed by atoms with Crippen LogP contribution in [-0.2, 0) is 14.8 Å². The van der Waals surface area contributed by atoms with Crippen molar-refractivity contribution in [3.05, 3.63) is 72.3 Å². The lowest BCUT2D eigenvalue weighted by Gasteiger charge is -2.27. The molecule has 1 fully saturated rings. The number of ether oxygens (including phenoxy) is 3. The molecule has 1 heterocycles. The first-order chi connectivity index (χ1) is 18.9. The average Bonchev–Trinajstić information content (AvgIpc) is 2.92. The van der Waals surface area contributed by atoms with Gasteiger partial charge in [-0.1, -0.05) is 31.7 Å². The maximum absolute atomic E-state index is 13.4. The Morgan fingerprint density at radius 1 is 0.902 bits per heavy atom. The second-order valence-corrected chi connectivity index (χ2v) is 11.9. The fourth-order valence-electron chi connectivity index (χ4n) is 4.08. The van der Waals surface area contributed by atoms with Crippen LogP contribution in [0.15, 0.2) is 71.6 Å². The summed E-state index contributed by atoms with van der Waals surface area (Å²) in [6.07, 6.45) is 0. The Balaban J connectivity index is 0.00000462. The normalized spacial score (nSPS) is 13.5. The van der Waals surface area contributed by atoms with E-state index >= 15 is 0 Å². The summed E-state index contributed by atoms with van der Waals surface area (Å²) in [6.45, 7) is 6.77. The average molecular weight is 584 g/mol. The van der Waals surface area contributed by atoms with E-state index in [1.807, 2.05) is 35.1 Å². The van der Waals surface area contributed by atoms with Crippen molar-refractivity contribution in [2.45, 2.75) is 38.6 Å². The number of carbonyl (C=O) groups is 2. The van der Waals surface area contributed by atoms with E-state index < -0.39 is 21.6 Å². The van der Waals surface area contributed by atoms with Gasteiger partial charge in [0.25, 0.3) is 15.9 Å². The van der Waals surface area contributed by atoms with Gasteiger partial charge in [-0.3, -0.25) is 4.79 Å². The quantitative estimate of drug-likeness (QED) is 0.399. The zero-order valence-electron chi connectivity index (χ0n) is 22.9. The lowest BCUT2D eigenvalue weighted by atomic mass is 10.1. The number of sulfonamides is 1. The van der Waals surface area contributed by atoms with E-state index in [0.717, 1.165) is 16.9 Å². The van der Waals surface area contributed by atoms with Crippen molar-refractivity contribution in [3.63, 3.8) is 0 Å². The van der Waals surface area contributed by atoms with Crippen LogP contribution < -0.4 is 19.5 Å². The van der Waals surface area contributed by atoms with Crippen molar-refractivity contribution in [1.29, 1.82) is 0 Å². The summed E-state index contributed by atoms with van der Waals surface area (Å²) >= 11 is 0. The summed E-state index contributed by atoms with van der Waals surface area (Å²) in [5.74, 6) is 0.713. The molecule has 0 aromatic heterocycles. The molecule has 4 rings (SSSR count). The maximum Gasteiger partial charge on any atom is 0.329 e. The van der Waals surface area contributed by atoms with Crippen molar-refractivity contribution in [2.75, 3.05) is 33.4 Å². The zero-order chi connectivity index (χ0) is 28.9. The molecule has 1 saturated heterocycles. The van der Waals surface area contributed by atoms with Gasteiger partial charge in [0.05, 0.1) is 20.3 Å². The van der Waals surface area contributed by atoms with Gasteiger partial charge in [0, 0.05) is 24.2 Å². The molecule has 3 aromatic rings. The fraction of sp³-hybridized carbons (Fsp3) is 0.333. The minimum absolute atomic E-state index is 0. The van der Waals surface area contributed by atoms with E-state index in [-0.39, 0.29) is 29.5 Å². The van der Waals surface area contributed by atoms with Crippen molar-refractivity contribution in [2.24, 2.45) is 0 Å². The summed E-state index contributed by atoms with van der Waals surface area (Å²) in [5, 5.41) is 2.57. The molecule has 0 spiro atoms. The van der Waals surface area contributed by atoms with E-state index in [1.165, 1.54) is 18.2 Å². The summed E-state index contributed by atoms with van der Waals surface area (Å²) in [7, 11) is -2.84. The minimum Gasteiger partial charge on any atom is -0.497 e. The summed E-state index contributed by atoms with van der Waals surface area (Å²) in [5.41, 5.74) is 1.23. The molecule has 10 nitrogen and oxygen atoms in total. The minimum atomic E-state index is -4.44. The third kappa shape index (κ3) is 8.21. The van der Waals surface area contributed by atoms with Gasteiger partial charge < -0.3 is 24.4 Å². The van der Waals surface area contributed by atoms with E-state index in [9.17, 15) is 18.0 Å². The molecule has 1 aliphatic rings. The van der Waals surface area contributed by atoms with Crippen LogP contribution in [0.25, 0.3) is 11.1 Å². The van der Waals surface area contributed by atoms with Crippen LogP contribution in [0.3, 0.4) is 0 Å². The number of nitrogens with one attached hydrogen (secondary N) is 2. The molecule has 2 N–H and O–H groups in total. The number of benzene rings is 3. The highest BCUT2D eigenvalue weighted by Crippen LogP contribution is 2.33. The number of methoxy groups -OCH3 is 1. The van der Waals surface area contributed by atoms with Gasteiger partial charge in [-0.25, -0.2) is 17.9 Å². The first-order valence-electron chi connectivity index (χ1n) is 12.7. The number of hydrogen-bond acceptors (Lipinski definition) is 7. The van der Waals surface area contributed by atoms with Crippen LogP contribution in [0.5, 0.6) is 17.2 Å². The lowest BCUT2D eigenvalue weighted by Crippen LogP contribution is -2.48. The number of carbonyl (C=O) groups excluding carboxylic acids is 2. The summed E-state index contributed by atoms with van der Waals surface area (Å²) in [4.78, 5) is 26.9. The number of nitrogens with zero attached hydrogens (tertiary/aromatic N) is 1. The van der Waals surface area contributed by atoms with Crippen molar-refractivity contribution >= 4 is 22.0 Å². The first kappa shape index (κ1) is 31.4. The monoisotopic (exact) mass is 583 g/mol. The van der Waals surface area contributed by atoms with Crippen LogP contribution >= 0.6 is 0 Å². The van der Waals surface area contributed by atoms with Gasteiger partial charge in [-0.15, -0.1) is 0 Å². The molecular weight excluding hydrogens is 546 g/mol. The smallest absolute Gasteiger partial charge is 0.329 e. The Morgan fingerprint density at radius 3 is 2.22 bits per heavy atom. The molecule has 11 heteroatoms. The van der Waals surface area contributed by atoms with E-state index in [4.69, 9.17) is 14.2 Å². The van der Waals surface area contributed by atoms with Gasteiger partial charge in [0.15, 0.2) is 0 Å². The van der Waals surface area contributed by atoms with E-state index in [1.54, 1.807) is 51.0 Å². The topological polar surface area (TPSA) is 123 Å². The highest BCUT2D eigenvalue weighted by Gasteiger charge is 2.28. The Bertz CT molecular complexity index is 1480. The number of amides is 3. The molecule has 0 atom stereocenters. The van der Waals surface area contributed by atoms with Gasteiger partial charge >= 0.3 is 6.03 Å². The molecule has 220 valence electrons. The van der Waals surface area contributed by atoms with Gasteiger partial charge in [-0.2, -0.15) is 0 Å². The van der Waals surface area contributed by atoms with Crippen molar-refractivity contribution in [1.82, 2.24) is 14.9 Å². The Labute approximate surface area is 241 Å². The SMILES string of the molecule is C.COc1ccc(-c2cccc(Oc3ccc(C(=O)N4CCOCC4)cc3S(=O)(=O)NC(=O)NC(C)(C)C)c2)cc1. The van der Waals surface area contributed by atoms with Crippen LogP contribution in [0.4, 0.5) is 4.79 Å². The third-order valence-corrected chi connectivity index (χ3v) is 7.33. The van der Waals surface area contributed by atoms with Gasteiger partial charge in [0.2, 0.25) is 0 Å². The summed E-state index contributed by atoms with van der Waals surface area (Å²) in [6, 6.07) is 17.9. The Kier molecular flexibility index (Phi) is 10.0. The second-order valence-electron chi connectivity index (χ2n) is 10.2. The molecule has 41 heavy (non-hydrogen) atoms. The molecule has 1 aliphatic heterocycles. The molecule has 3 amide bonds. The second kappa shape index (κ2) is 13.0. The molecule has 3 aromatic carbocycles. The molecule has 0 radical (unpaired) electrons. The number of rotatable bonds is 7. The highest BCUT2D eigenvalue weighted by molar-refractivity contribution is 7.90. The number of morpholine rings is 1. The Hall–Kier alpha value is -4.09. The predicted molar refractivity (Wildman–Crippen MR) is 157 cm³/mol. The molecule has 0 bridgehead atoms. The van der Waals surface area contributed by atoms with Crippen molar-refractivity contribution in [3.8, 4) is 28.4 Å². The fourth-order valence-corrected chi connectivity index (χ4v) is 5.14. The predicted octanol–water partition coefficient (Wildman–Crippen LogP) is 5.05. The lowest BCUT2D eigenvalue weighted by molar-refractivity contribution is 0.0302. The highest BCUT2D eigenvalue weighted by atomic mass is 32.2. The molecular formula is C30H37N3O7S. The van der Waals surface area contributed by atoms with E-state index in [2.05, 4.69) is 5.32 Å². The van der Waals surface area contributed by atoms with Crippen LogP contribution in [-0.4, -0.2) is 64.2 Å². The third-order valence-electron chi connectivity index (χ3n) is 5.98. The zero-order valence-corrected chi connectivity index (χ0v) is 23.7. The van der Waals surface area contributed by atoms with E-state index in [0.29, 0.717) is 32.1 Å². The number of hydrogen-bond donors (Lipinski definition) is 2. The first-order valence-corrected chi connectivity index (χ1v) is 14.2. The standard InChI is InChI=1S/C29H33N3O7S.CH4/c1-29(2,3)30-28(34)31-40(35,36)26-19-22(27(33)32-14-16-38-17-15-32)10-13-25(26)39-24-7-5-6-21(18-24)20-8-11-23(37-4)12-9-20;/h5-13,18-19H,14-17H2,1-4H3,(H2,30,31,34);1H4. The van der Waals surface area contributed by atoms with Crippen LogP contribution in [0, 0.1) is 0 Å². The van der Waals surface area contributed by atoms with Crippen molar-refractivity contribution < 1.29 is 32.2 Å².